The number of fused-ring (bicyclic) bond motifs is 1. The Morgan fingerprint density at radius 3 is 3.14 bits per heavy atom. The summed E-state index contributed by atoms with van der Waals surface area (Å²) in [6.07, 6.45) is 3.36. The molecular weight excluding hydrogens is 280 g/mol. The lowest BCUT2D eigenvalue weighted by Crippen LogP contribution is -2.26. The molecule has 1 aromatic rings. The highest BCUT2D eigenvalue weighted by atomic mass is 16.5. The third-order valence-corrected chi connectivity index (χ3v) is 3.41. The van der Waals surface area contributed by atoms with Gasteiger partial charge < -0.3 is 14.8 Å². The molecule has 2 rings (SSSR count). The van der Waals surface area contributed by atoms with Gasteiger partial charge in [-0.15, -0.1) is 0 Å². The standard InChI is InChI=1S/C17H20N2O3/c1-12-8-14-5-4-13(10-16(14)22-12)9-15(11-18)17(20)19-6-3-7-21-2/h4-5,9-10,12H,3,6-8H2,1-2H3,(H,19,20)/b15-9+/t12-/m1/s1. The van der Waals surface area contributed by atoms with Crippen LogP contribution in [0.4, 0.5) is 0 Å². The summed E-state index contributed by atoms with van der Waals surface area (Å²) in [4.78, 5) is 12.0. The van der Waals surface area contributed by atoms with Crippen LogP contribution in [-0.4, -0.2) is 32.3 Å². The van der Waals surface area contributed by atoms with Gasteiger partial charge in [-0.25, -0.2) is 0 Å². The normalized spacial score (nSPS) is 16.6. The van der Waals surface area contributed by atoms with E-state index < -0.39 is 0 Å². The van der Waals surface area contributed by atoms with E-state index in [1.807, 2.05) is 31.2 Å². The molecule has 0 saturated heterocycles. The van der Waals surface area contributed by atoms with Gasteiger partial charge in [0.05, 0.1) is 0 Å². The van der Waals surface area contributed by atoms with Gasteiger partial charge in [-0.1, -0.05) is 12.1 Å². The SMILES string of the molecule is COCCCNC(=O)/C(C#N)=C/c1ccc2c(c1)O[C@H](C)C2. The van der Waals surface area contributed by atoms with E-state index in [9.17, 15) is 4.79 Å². The van der Waals surface area contributed by atoms with Crippen LogP contribution < -0.4 is 10.1 Å². The van der Waals surface area contributed by atoms with E-state index in [0.717, 1.165) is 23.3 Å². The summed E-state index contributed by atoms with van der Waals surface area (Å²) in [6, 6.07) is 7.70. The van der Waals surface area contributed by atoms with Crippen molar-refractivity contribution in [3.05, 3.63) is 34.9 Å². The van der Waals surface area contributed by atoms with E-state index in [1.165, 1.54) is 0 Å². The van der Waals surface area contributed by atoms with Crippen LogP contribution >= 0.6 is 0 Å². The fraction of sp³-hybridized carbons (Fsp3) is 0.412. The number of hydrogen-bond acceptors (Lipinski definition) is 4. The van der Waals surface area contributed by atoms with Crippen LogP contribution in [0.1, 0.15) is 24.5 Å². The zero-order chi connectivity index (χ0) is 15.9. The number of carbonyl (C=O) groups is 1. The average molecular weight is 300 g/mol. The third kappa shape index (κ3) is 4.09. The molecule has 1 aliphatic heterocycles. The molecule has 0 aliphatic carbocycles. The van der Waals surface area contributed by atoms with Gasteiger partial charge in [-0.05, 0) is 36.6 Å². The second-order valence-electron chi connectivity index (χ2n) is 5.27. The van der Waals surface area contributed by atoms with Crippen molar-refractivity contribution in [3.63, 3.8) is 0 Å². The number of nitriles is 1. The molecule has 5 nitrogen and oxygen atoms in total. The number of hydrogen-bond donors (Lipinski definition) is 1. The minimum Gasteiger partial charge on any atom is -0.490 e. The van der Waals surface area contributed by atoms with Gasteiger partial charge in [-0.2, -0.15) is 5.26 Å². The molecule has 116 valence electrons. The van der Waals surface area contributed by atoms with Gasteiger partial charge >= 0.3 is 0 Å². The molecule has 1 amide bonds. The lowest BCUT2D eigenvalue weighted by molar-refractivity contribution is -0.117. The van der Waals surface area contributed by atoms with Gasteiger partial charge in [0, 0.05) is 26.7 Å². The molecule has 0 fully saturated rings. The first kappa shape index (κ1) is 16.1. The molecule has 0 unspecified atom stereocenters. The molecule has 0 aromatic heterocycles. The summed E-state index contributed by atoms with van der Waals surface area (Å²) >= 11 is 0. The largest absolute Gasteiger partial charge is 0.490 e. The van der Waals surface area contributed by atoms with Crippen molar-refractivity contribution in [2.24, 2.45) is 0 Å². The molecule has 0 bridgehead atoms. The van der Waals surface area contributed by atoms with Crippen LogP contribution in [0.2, 0.25) is 0 Å². The summed E-state index contributed by atoms with van der Waals surface area (Å²) in [5.74, 6) is 0.465. The molecule has 0 radical (unpaired) electrons. The summed E-state index contributed by atoms with van der Waals surface area (Å²) < 4.78 is 10.6. The number of ether oxygens (including phenoxy) is 2. The number of benzene rings is 1. The van der Waals surface area contributed by atoms with E-state index in [0.29, 0.717) is 19.6 Å². The highest BCUT2D eigenvalue weighted by Crippen LogP contribution is 2.30. The molecule has 1 heterocycles. The molecule has 1 N–H and O–H groups in total. The van der Waals surface area contributed by atoms with Crippen LogP contribution in [0.5, 0.6) is 5.75 Å². The van der Waals surface area contributed by atoms with Crippen LogP contribution in [0.25, 0.3) is 6.08 Å². The van der Waals surface area contributed by atoms with E-state index in [1.54, 1.807) is 13.2 Å². The zero-order valence-electron chi connectivity index (χ0n) is 12.9. The van der Waals surface area contributed by atoms with E-state index >= 15 is 0 Å². The Bertz CT molecular complexity index is 617. The minimum atomic E-state index is -0.367. The Kier molecular flexibility index (Phi) is 5.56. The molecule has 1 atom stereocenters. The predicted octanol–water partition coefficient (Wildman–Crippen LogP) is 2.07. The van der Waals surface area contributed by atoms with Crippen molar-refractivity contribution in [1.29, 1.82) is 5.26 Å². The smallest absolute Gasteiger partial charge is 0.261 e. The van der Waals surface area contributed by atoms with Crippen LogP contribution in [-0.2, 0) is 16.0 Å². The number of nitrogens with zero attached hydrogens (tertiary/aromatic N) is 1. The maximum Gasteiger partial charge on any atom is 0.261 e. The summed E-state index contributed by atoms with van der Waals surface area (Å²) in [5, 5.41) is 11.9. The maximum atomic E-state index is 12.0. The Hall–Kier alpha value is -2.32. The Morgan fingerprint density at radius 2 is 2.41 bits per heavy atom. The maximum absolute atomic E-state index is 12.0. The average Bonchev–Trinajstić information content (AvgIpc) is 2.88. The Balaban J connectivity index is 2.04. The van der Waals surface area contributed by atoms with Gasteiger partial charge in [0.1, 0.15) is 23.5 Å². The summed E-state index contributed by atoms with van der Waals surface area (Å²) in [6.45, 7) is 3.08. The number of methoxy groups -OCH3 is 1. The quantitative estimate of drug-likeness (QED) is 0.496. The lowest BCUT2D eigenvalue weighted by atomic mass is 10.1. The van der Waals surface area contributed by atoms with Crippen LogP contribution in [0.15, 0.2) is 23.8 Å². The fourth-order valence-corrected chi connectivity index (χ4v) is 2.34. The van der Waals surface area contributed by atoms with E-state index in [-0.39, 0.29) is 17.6 Å². The van der Waals surface area contributed by atoms with Crippen molar-refractivity contribution in [1.82, 2.24) is 5.32 Å². The molecule has 0 saturated carbocycles. The van der Waals surface area contributed by atoms with Crippen molar-refractivity contribution in [2.45, 2.75) is 25.9 Å². The molecule has 1 aliphatic rings. The first-order valence-corrected chi connectivity index (χ1v) is 7.32. The third-order valence-electron chi connectivity index (χ3n) is 3.41. The number of amides is 1. The molecule has 1 aromatic carbocycles. The van der Waals surface area contributed by atoms with Crippen LogP contribution in [0.3, 0.4) is 0 Å². The van der Waals surface area contributed by atoms with Crippen LogP contribution in [0, 0.1) is 11.3 Å². The molecule has 22 heavy (non-hydrogen) atoms. The van der Waals surface area contributed by atoms with Crippen molar-refractivity contribution in [2.75, 3.05) is 20.3 Å². The topological polar surface area (TPSA) is 71.3 Å². The summed E-state index contributed by atoms with van der Waals surface area (Å²) in [7, 11) is 1.61. The number of carbonyl (C=O) groups excluding carboxylic acids is 1. The second-order valence-corrected chi connectivity index (χ2v) is 5.27. The number of rotatable bonds is 6. The molecular formula is C17H20N2O3. The second kappa shape index (κ2) is 7.62. The zero-order valence-corrected chi connectivity index (χ0v) is 12.9. The van der Waals surface area contributed by atoms with Gasteiger partial charge in [-0.3, -0.25) is 4.79 Å². The highest BCUT2D eigenvalue weighted by Gasteiger charge is 2.19. The first-order valence-electron chi connectivity index (χ1n) is 7.32. The lowest BCUT2D eigenvalue weighted by Gasteiger charge is -2.05. The highest BCUT2D eigenvalue weighted by molar-refractivity contribution is 6.01. The predicted molar refractivity (Wildman–Crippen MR) is 83.3 cm³/mol. The molecule has 5 heteroatoms. The Morgan fingerprint density at radius 1 is 1.59 bits per heavy atom. The van der Waals surface area contributed by atoms with Gasteiger partial charge in [0.25, 0.3) is 5.91 Å². The summed E-state index contributed by atoms with van der Waals surface area (Å²) in [5.41, 5.74) is 2.03. The first-order chi connectivity index (χ1) is 10.6. The van der Waals surface area contributed by atoms with E-state index in [4.69, 9.17) is 14.7 Å². The van der Waals surface area contributed by atoms with Crippen molar-refractivity contribution < 1.29 is 14.3 Å². The molecule has 0 spiro atoms. The van der Waals surface area contributed by atoms with E-state index in [2.05, 4.69) is 5.32 Å². The van der Waals surface area contributed by atoms with Gasteiger partial charge in [0.2, 0.25) is 0 Å². The minimum absolute atomic E-state index is 0.0865. The van der Waals surface area contributed by atoms with Gasteiger partial charge in [0.15, 0.2) is 0 Å². The van der Waals surface area contributed by atoms with Crippen molar-refractivity contribution in [3.8, 4) is 11.8 Å². The van der Waals surface area contributed by atoms with Crippen molar-refractivity contribution >= 4 is 12.0 Å². The Labute approximate surface area is 130 Å². The monoisotopic (exact) mass is 300 g/mol. The fourth-order valence-electron chi connectivity index (χ4n) is 2.34. The number of nitrogens with one attached hydrogen (secondary N) is 1.